The Morgan fingerprint density at radius 3 is 2.79 bits per heavy atom. The first-order valence-electron chi connectivity index (χ1n) is 6.62. The third-order valence-corrected chi connectivity index (χ3v) is 3.44. The van der Waals surface area contributed by atoms with Gasteiger partial charge in [-0.25, -0.2) is 0 Å². The van der Waals surface area contributed by atoms with Crippen LogP contribution in [0.3, 0.4) is 0 Å². The number of hydrogen-bond donors (Lipinski definition) is 2. The molecule has 0 saturated carbocycles. The van der Waals surface area contributed by atoms with Gasteiger partial charge in [-0.2, -0.15) is 0 Å². The van der Waals surface area contributed by atoms with Crippen LogP contribution in [-0.4, -0.2) is 42.2 Å². The molecule has 19 heavy (non-hydrogen) atoms. The van der Waals surface area contributed by atoms with Gasteiger partial charge in [-0.1, -0.05) is 12.1 Å². The average molecular weight is 263 g/mol. The predicted octanol–water partition coefficient (Wildman–Crippen LogP) is 1.50. The highest BCUT2D eigenvalue weighted by Gasteiger charge is 2.17. The smallest absolute Gasteiger partial charge is 0.170 e. The summed E-state index contributed by atoms with van der Waals surface area (Å²) in [7, 11) is 0. The first kappa shape index (κ1) is 13.7. The van der Waals surface area contributed by atoms with Gasteiger partial charge in [-0.15, -0.1) is 0 Å². The molecule has 1 fully saturated rings. The van der Waals surface area contributed by atoms with Crippen LogP contribution in [0, 0.1) is 5.92 Å². The number of likely N-dealkylation sites (tertiary alicyclic amines) is 1. The van der Waals surface area contributed by atoms with E-state index in [1.807, 2.05) is 12.1 Å². The lowest BCUT2D eigenvalue weighted by Gasteiger charge is -2.15. The van der Waals surface area contributed by atoms with Crippen molar-refractivity contribution in [1.82, 2.24) is 4.90 Å². The average Bonchev–Trinajstić information content (AvgIpc) is 2.84. The van der Waals surface area contributed by atoms with E-state index in [0.29, 0.717) is 12.2 Å². The van der Waals surface area contributed by atoms with E-state index in [1.54, 1.807) is 12.1 Å². The van der Waals surface area contributed by atoms with Gasteiger partial charge in [0.15, 0.2) is 5.84 Å². The molecule has 5 nitrogen and oxygen atoms in total. The summed E-state index contributed by atoms with van der Waals surface area (Å²) in [5, 5.41) is 11.5. The molecule has 0 radical (unpaired) electrons. The fraction of sp³-hybridized carbons (Fsp3) is 0.500. The van der Waals surface area contributed by atoms with Crippen LogP contribution >= 0.6 is 0 Å². The van der Waals surface area contributed by atoms with Gasteiger partial charge in [0.2, 0.25) is 0 Å². The van der Waals surface area contributed by atoms with Crippen molar-refractivity contribution in [3.05, 3.63) is 29.8 Å². The summed E-state index contributed by atoms with van der Waals surface area (Å²) in [6.45, 7) is 6.29. The molecule has 1 aliphatic rings. The minimum Gasteiger partial charge on any atom is -0.492 e. The van der Waals surface area contributed by atoms with Gasteiger partial charge < -0.3 is 15.7 Å². The Morgan fingerprint density at radius 2 is 2.21 bits per heavy atom. The molecule has 0 aromatic heterocycles. The second-order valence-corrected chi connectivity index (χ2v) is 5.05. The fourth-order valence-electron chi connectivity index (χ4n) is 2.30. The topological polar surface area (TPSA) is 71.1 Å². The molecule has 0 spiro atoms. The molecular formula is C14H21N3O2. The van der Waals surface area contributed by atoms with Crippen LogP contribution in [0.4, 0.5) is 0 Å². The van der Waals surface area contributed by atoms with Crippen LogP contribution in [0.5, 0.6) is 5.75 Å². The van der Waals surface area contributed by atoms with Crippen molar-refractivity contribution >= 4 is 5.84 Å². The highest BCUT2D eigenvalue weighted by molar-refractivity contribution is 5.97. The van der Waals surface area contributed by atoms with E-state index in [4.69, 9.17) is 15.7 Å². The summed E-state index contributed by atoms with van der Waals surface area (Å²) in [4.78, 5) is 2.43. The number of oxime groups is 1. The lowest BCUT2D eigenvalue weighted by atomic mass is 10.2. The molecule has 1 aromatic rings. The Balaban J connectivity index is 1.77. The van der Waals surface area contributed by atoms with E-state index in [0.717, 1.165) is 18.2 Å². The summed E-state index contributed by atoms with van der Waals surface area (Å²) in [6, 6.07) is 7.23. The van der Waals surface area contributed by atoms with Gasteiger partial charge in [-0.05, 0) is 43.1 Å². The van der Waals surface area contributed by atoms with Crippen molar-refractivity contribution in [2.45, 2.75) is 13.3 Å². The number of nitrogens with two attached hydrogens (primary N) is 1. The van der Waals surface area contributed by atoms with Crippen molar-refractivity contribution < 1.29 is 9.94 Å². The van der Waals surface area contributed by atoms with Crippen molar-refractivity contribution in [1.29, 1.82) is 0 Å². The summed E-state index contributed by atoms with van der Waals surface area (Å²) in [6.07, 6.45) is 1.29. The highest BCUT2D eigenvalue weighted by atomic mass is 16.5. The maximum atomic E-state index is 8.57. The standard InChI is InChI=1S/C14H21N3O2/c1-11-6-7-17(10-11)8-9-19-13-4-2-12(3-5-13)14(15)16-18/h2-5,11,18H,6-10H2,1H3,(H2,15,16). The van der Waals surface area contributed by atoms with Crippen LogP contribution in [-0.2, 0) is 0 Å². The zero-order chi connectivity index (χ0) is 13.7. The Labute approximate surface area is 113 Å². The van der Waals surface area contributed by atoms with E-state index >= 15 is 0 Å². The summed E-state index contributed by atoms with van der Waals surface area (Å²) in [5.74, 6) is 1.72. The second-order valence-electron chi connectivity index (χ2n) is 5.05. The van der Waals surface area contributed by atoms with E-state index in [1.165, 1.54) is 19.5 Å². The molecule has 1 atom stereocenters. The lowest BCUT2D eigenvalue weighted by molar-refractivity contribution is 0.234. The third-order valence-electron chi connectivity index (χ3n) is 3.44. The zero-order valence-corrected chi connectivity index (χ0v) is 11.2. The number of amidine groups is 1. The van der Waals surface area contributed by atoms with Crippen LogP contribution in [0.1, 0.15) is 18.9 Å². The van der Waals surface area contributed by atoms with Gasteiger partial charge in [-0.3, -0.25) is 4.90 Å². The van der Waals surface area contributed by atoms with Crippen molar-refractivity contribution in [2.75, 3.05) is 26.2 Å². The molecule has 0 amide bonds. The van der Waals surface area contributed by atoms with Gasteiger partial charge in [0, 0.05) is 18.7 Å². The Bertz CT molecular complexity index is 431. The molecule has 1 heterocycles. The number of rotatable bonds is 5. The molecule has 5 heteroatoms. The van der Waals surface area contributed by atoms with Crippen LogP contribution in [0.25, 0.3) is 0 Å². The SMILES string of the molecule is CC1CCN(CCOc2ccc(/C(N)=N/O)cc2)C1. The van der Waals surface area contributed by atoms with Crippen molar-refractivity contribution in [3.8, 4) is 5.75 Å². The molecule has 0 aliphatic carbocycles. The van der Waals surface area contributed by atoms with Gasteiger partial charge >= 0.3 is 0 Å². The normalized spacial score (nSPS) is 20.7. The number of nitrogens with zero attached hydrogens (tertiary/aromatic N) is 2. The van der Waals surface area contributed by atoms with Crippen molar-refractivity contribution in [2.24, 2.45) is 16.8 Å². The Kier molecular flexibility index (Phi) is 4.63. The monoisotopic (exact) mass is 263 g/mol. The molecular weight excluding hydrogens is 242 g/mol. The number of benzene rings is 1. The van der Waals surface area contributed by atoms with Crippen molar-refractivity contribution in [3.63, 3.8) is 0 Å². The van der Waals surface area contributed by atoms with Crippen LogP contribution in [0.15, 0.2) is 29.4 Å². The maximum Gasteiger partial charge on any atom is 0.170 e. The summed E-state index contributed by atoms with van der Waals surface area (Å²) >= 11 is 0. The Hall–Kier alpha value is -1.75. The predicted molar refractivity (Wildman–Crippen MR) is 74.7 cm³/mol. The van der Waals surface area contributed by atoms with E-state index in [-0.39, 0.29) is 5.84 Å². The largest absolute Gasteiger partial charge is 0.492 e. The first-order valence-corrected chi connectivity index (χ1v) is 6.62. The minimum atomic E-state index is 0.109. The number of ether oxygens (including phenoxy) is 1. The molecule has 3 N–H and O–H groups in total. The maximum absolute atomic E-state index is 8.57. The zero-order valence-electron chi connectivity index (χ0n) is 11.2. The number of hydrogen-bond acceptors (Lipinski definition) is 4. The van der Waals surface area contributed by atoms with Gasteiger partial charge in [0.25, 0.3) is 0 Å². The summed E-state index contributed by atoms with van der Waals surface area (Å²) in [5.41, 5.74) is 6.18. The molecule has 1 saturated heterocycles. The highest BCUT2D eigenvalue weighted by Crippen LogP contribution is 2.15. The third kappa shape index (κ3) is 3.86. The molecule has 2 rings (SSSR count). The van der Waals surface area contributed by atoms with E-state index in [9.17, 15) is 0 Å². The van der Waals surface area contributed by atoms with E-state index in [2.05, 4.69) is 17.0 Å². The van der Waals surface area contributed by atoms with Crippen LogP contribution in [0.2, 0.25) is 0 Å². The molecule has 104 valence electrons. The quantitative estimate of drug-likeness (QED) is 0.365. The first-order chi connectivity index (χ1) is 9.19. The summed E-state index contributed by atoms with van der Waals surface area (Å²) < 4.78 is 5.69. The van der Waals surface area contributed by atoms with Crippen LogP contribution < -0.4 is 10.5 Å². The second kappa shape index (κ2) is 6.43. The van der Waals surface area contributed by atoms with Gasteiger partial charge in [0.1, 0.15) is 12.4 Å². The molecule has 0 bridgehead atoms. The molecule has 1 unspecified atom stereocenters. The molecule has 1 aliphatic heterocycles. The van der Waals surface area contributed by atoms with Gasteiger partial charge in [0.05, 0.1) is 0 Å². The Morgan fingerprint density at radius 1 is 1.47 bits per heavy atom. The van der Waals surface area contributed by atoms with E-state index < -0.39 is 0 Å². The molecule has 1 aromatic carbocycles. The lowest BCUT2D eigenvalue weighted by Crippen LogP contribution is -2.25. The minimum absolute atomic E-state index is 0.109. The fourth-order valence-corrected chi connectivity index (χ4v) is 2.30.